The van der Waals surface area contributed by atoms with Crippen LogP contribution in [-0.4, -0.2) is 63.1 Å². The minimum absolute atomic E-state index is 0.0198. The molecule has 1 amide bonds. The smallest absolute Gasteiger partial charge is 0.243 e. The molecule has 0 bridgehead atoms. The summed E-state index contributed by atoms with van der Waals surface area (Å²) >= 11 is 0. The Labute approximate surface area is 195 Å². The Hall–Kier alpha value is -2.27. The molecule has 0 radical (unpaired) electrons. The Kier molecular flexibility index (Phi) is 7.18. The zero-order chi connectivity index (χ0) is 23.5. The Bertz CT molecular complexity index is 1170. The van der Waals surface area contributed by atoms with Gasteiger partial charge < -0.3 is 5.32 Å². The Morgan fingerprint density at radius 3 is 1.88 bits per heavy atom. The maximum absolute atomic E-state index is 13.4. The first kappa shape index (κ1) is 23.9. The summed E-state index contributed by atoms with van der Waals surface area (Å²) in [6.07, 6.45) is 4.82. The van der Waals surface area contributed by atoms with Crippen LogP contribution in [0.3, 0.4) is 0 Å². The normalized spacial score (nSPS) is 21.5. The van der Waals surface area contributed by atoms with Crippen LogP contribution in [0.2, 0.25) is 0 Å². The van der Waals surface area contributed by atoms with Crippen molar-refractivity contribution in [2.45, 2.75) is 54.0 Å². The third-order valence-electron chi connectivity index (χ3n) is 6.28. The van der Waals surface area contributed by atoms with Crippen LogP contribution < -0.4 is 5.32 Å². The van der Waals surface area contributed by atoms with E-state index in [0.29, 0.717) is 0 Å². The molecule has 4 rings (SSSR count). The molecule has 1 saturated heterocycles. The second kappa shape index (κ2) is 9.92. The van der Waals surface area contributed by atoms with Crippen LogP contribution >= 0.6 is 0 Å². The molecule has 0 unspecified atom stereocenters. The molecule has 2 aliphatic rings. The fourth-order valence-corrected chi connectivity index (χ4v) is 7.52. The van der Waals surface area contributed by atoms with E-state index < -0.39 is 32.0 Å². The molecular formula is C23H29N3O5S2. The summed E-state index contributed by atoms with van der Waals surface area (Å²) in [5.74, 6) is -0.450. The predicted molar refractivity (Wildman–Crippen MR) is 124 cm³/mol. The number of piperazine rings is 1. The molecule has 0 spiro atoms. The van der Waals surface area contributed by atoms with E-state index in [1.807, 2.05) is 0 Å². The van der Waals surface area contributed by atoms with Crippen molar-refractivity contribution in [2.75, 3.05) is 19.6 Å². The van der Waals surface area contributed by atoms with Crippen LogP contribution in [0, 0.1) is 0 Å². The highest BCUT2D eigenvalue weighted by Gasteiger charge is 2.43. The number of nitrogens with zero attached hydrogens (tertiary/aromatic N) is 2. The minimum atomic E-state index is -3.98. The van der Waals surface area contributed by atoms with Crippen molar-refractivity contribution in [3.63, 3.8) is 0 Å². The number of benzene rings is 2. The predicted octanol–water partition coefficient (Wildman–Crippen LogP) is 2.20. The van der Waals surface area contributed by atoms with Gasteiger partial charge in [-0.05, 0) is 37.1 Å². The molecule has 1 N–H and O–H groups in total. The summed E-state index contributed by atoms with van der Waals surface area (Å²) in [4.78, 5) is 13.5. The zero-order valence-electron chi connectivity index (χ0n) is 18.3. The molecular weight excluding hydrogens is 462 g/mol. The fraction of sp³-hybridized carbons (Fsp3) is 0.435. The first-order chi connectivity index (χ1) is 15.8. The van der Waals surface area contributed by atoms with Crippen LogP contribution in [0.5, 0.6) is 0 Å². The van der Waals surface area contributed by atoms with Crippen LogP contribution in [0.4, 0.5) is 0 Å². The lowest BCUT2D eigenvalue weighted by Gasteiger charge is -2.39. The van der Waals surface area contributed by atoms with E-state index in [1.165, 1.54) is 28.6 Å². The molecule has 1 aliphatic carbocycles. The molecule has 2 aromatic carbocycles. The number of nitrogens with one attached hydrogen (secondary N) is 1. The van der Waals surface area contributed by atoms with E-state index in [9.17, 15) is 21.6 Å². The molecule has 2 aromatic rings. The van der Waals surface area contributed by atoms with Gasteiger partial charge in [0, 0.05) is 25.7 Å². The lowest BCUT2D eigenvalue weighted by molar-refractivity contribution is -0.126. The van der Waals surface area contributed by atoms with E-state index >= 15 is 0 Å². The largest absolute Gasteiger partial charge is 0.352 e. The number of sulfonamides is 2. The number of carbonyl (C=O) groups excluding carboxylic acids is 1. The Balaban J connectivity index is 1.64. The standard InChI is InChI=1S/C23H29N3O5S2/c27-23(24-19-10-4-1-5-11-19)22-18-25(32(28,29)20-12-6-2-7-13-20)16-17-26(22)33(30,31)21-14-8-3-9-15-21/h2-3,6-9,12-15,19,22H,1,4-5,10-11,16-18H2,(H,24,27)/t22-/m1/s1. The topological polar surface area (TPSA) is 104 Å². The van der Waals surface area contributed by atoms with Gasteiger partial charge in [0.05, 0.1) is 9.79 Å². The fourth-order valence-electron chi connectivity index (χ4n) is 4.47. The molecule has 10 heteroatoms. The van der Waals surface area contributed by atoms with Crippen molar-refractivity contribution < 1.29 is 21.6 Å². The third kappa shape index (κ3) is 5.13. The molecule has 1 saturated carbocycles. The first-order valence-electron chi connectivity index (χ1n) is 11.2. The van der Waals surface area contributed by atoms with E-state index in [0.717, 1.165) is 36.4 Å². The quantitative estimate of drug-likeness (QED) is 0.667. The van der Waals surface area contributed by atoms with Gasteiger partial charge in [-0.3, -0.25) is 4.79 Å². The van der Waals surface area contributed by atoms with Crippen LogP contribution in [0.15, 0.2) is 70.5 Å². The van der Waals surface area contributed by atoms with Gasteiger partial charge in [0.1, 0.15) is 6.04 Å². The summed E-state index contributed by atoms with van der Waals surface area (Å²) in [5, 5.41) is 2.99. The van der Waals surface area contributed by atoms with E-state index in [-0.39, 0.29) is 35.5 Å². The van der Waals surface area contributed by atoms with Gasteiger partial charge >= 0.3 is 0 Å². The summed E-state index contributed by atoms with van der Waals surface area (Å²) < 4.78 is 55.6. The van der Waals surface area contributed by atoms with Gasteiger partial charge in [-0.25, -0.2) is 16.8 Å². The van der Waals surface area contributed by atoms with Gasteiger partial charge in [-0.15, -0.1) is 0 Å². The van der Waals surface area contributed by atoms with Crippen molar-refractivity contribution >= 4 is 26.0 Å². The van der Waals surface area contributed by atoms with Crippen molar-refractivity contribution in [3.05, 3.63) is 60.7 Å². The zero-order valence-corrected chi connectivity index (χ0v) is 20.0. The van der Waals surface area contributed by atoms with Gasteiger partial charge in [0.2, 0.25) is 26.0 Å². The van der Waals surface area contributed by atoms with Crippen molar-refractivity contribution in [3.8, 4) is 0 Å². The van der Waals surface area contributed by atoms with E-state index in [1.54, 1.807) is 36.4 Å². The molecule has 8 nitrogen and oxygen atoms in total. The van der Waals surface area contributed by atoms with Crippen LogP contribution in [-0.2, 0) is 24.8 Å². The first-order valence-corrected chi connectivity index (χ1v) is 14.1. The van der Waals surface area contributed by atoms with Gasteiger partial charge in [-0.2, -0.15) is 8.61 Å². The Morgan fingerprint density at radius 2 is 1.30 bits per heavy atom. The number of hydrogen-bond acceptors (Lipinski definition) is 5. The van der Waals surface area contributed by atoms with E-state index in [2.05, 4.69) is 5.32 Å². The second-order valence-corrected chi connectivity index (χ2v) is 12.3. The van der Waals surface area contributed by atoms with E-state index in [4.69, 9.17) is 0 Å². The lowest BCUT2D eigenvalue weighted by Crippen LogP contribution is -2.62. The highest BCUT2D eigenvalue weighted by atomic mass is 32.2. The third-order valence-corrected chi connectivity index (χ3v) is 10.1. The molecule has 0 aromatic heterocycles. The van der Waals surface area contributed by atoms with Crippen molar-refractivity contribution in [1.82, 2.24) is 13.9 Å². The molecule has 1 atom stereocenters. The molecule has 1 heterocycles. The summed E-state index contributed by atoms with van der Waals surface area (Å²) in [6.45, 7) is -0.371. The second-order valence-electron chi connectivity index (χ2n) is 8.46. The molecule has 178 valence electrons. The van der Waals surface area contributed by atoms with Gasteiger partial charge in [0.15, 0.2) is 0 Å². The van der Waals surface area contributed by atoms with Crippen LogP contribution in [0.25, 0.3) is 0 Å². The number of rotatable bonds is 6. The lowest BCUT2D eigenvalue weighted by atomic mass is 9.95. The summed E-state index contributed by atoms with van der Waals surface area (Å²) in [5.41, 5.74) is 0. The highest BCUT2D eigenvalue weighted by molar-refractivity contribution is 7.89. The summed E-state index contributed by atoms with van der Waals surface area (Å²) in [7, 11) is -7.84. The average Bonchev–Trinajstić information content (AvgIpc) is 2.85. The average molecular weight is 492 g/mol. The van der Waals surface area contributed by atoms with Crippen molar-refractivity contribution in [2.24, 2.45) is 0 Å². The maximum atomic E-state index is 13.4. The highest BCUT2D eigenvalue weighted by Crippen LogP contribution is 2.26. The monoisotopic (exact) mass is 491 g/mol. The maximum Gasteiger partial charge on any atom is 0.243 e. The number of hydrogen-bond donors (Lipinski definition) is 1. The van der Waals surface area contributed by atoms with Crippen LogP contribution in [0.1, 0.15) is 32.1 Å². The number of carbonyl (C=O) groups is 1. The minimum Gasteiger partial charge on any atom is -0.352 e. The van der Waals surface area contributed by atoms with Crippen molar-refractivity contribution in [1.29, 1.82) is 0 Å². The van der Waals surface area contributed by atoms with Gasteiger partial charge in [0.25, 0.3) is 0 Å². The van der Waals surface area contributed by atoms with Gasteiger partial charge in [-0.1, -0.05) is 55.7 Å². The molecule has 33 heavy (non-hydrogen) atoms. The summed E-state index contributed by atoms with van der Waals surface area (Å²) in [6, 6.07) is 14.8. The molecule has 1 aliphatic heterocycles. The molecule has 2 fully saturated rings. The Morgan fingerprint density at radius 1 is 0.758 bits per heavy atom. The SMILES string of the molecule is O=C(NC1CCCCC1)[C@H]1CN(S(=O)(=O)c2ccccc2)CCN1S(=O)(=O)c1ccccc1. The number of amides is 1.